The molecule has 1 unspecified atom stereocenters. The molecule has 0 heterocycles. The lowest BCUT2D eigenvalue weighted by Crippen LogP contribution is -2.40. The number of benzene rings is 1. The first kappa shape index (κ1) is 15.1. The fourth-order valence-electron chi connectivity index (χ4n) is 1.50. The molecular weight excluding hydrogens is 251 g/mol. The normalized spacial score (nSPS) is 11.7. The van der Waals surface area contributed by atoms with E-state index in [4.69, 9.17) is 5.11 Å². The lowest BCUT2D eigenvalue weighted by atomic mass is 10.2. The molecule has 5 nitrogen and oxygen atoms in total. The van der Waals surface area contributed by atoms with Crippen molar-refractivity contribution in [2.24, 2.45) is 0 Å². The van der Waals surface area contributed by atoms with Crippen LogP contribution in [0, 0.1) is 5.82 Å². The van der Waals surface area contributed by atoms with Crippen LogP contribution >= 0.6 is 0 Å². The van der Waals surface area contributed by atoms with Crippen molar-refractivity contribution in [1.82, 2.24) is 5.32 Å². The Morgan fingerprint density at radius 2 is 2.00 bits per heavy atom. The summed E-state index contributed by atoms with van der Waals surface area (Å²) in [7, 11) is 0. The third kappa shape index (κ3) is 5.05. The van der Waals surface area contributed by atoms with Gasteiger partial charge in [0.2, 0.25) is 0 Å². The molecule has 0 saturated heterocycles. The summed E-state index contributed by atoms with van der Waals surface area (Å²) in [5, 5.41) is 13.3. The minimum Gasteiger partial charge on any atom is -0.396 e. The molecule has 1 aromatic rings. The highest BCUT2D eigenvalue weighted by atomic mass is 19.1. The van der Waals surface area contributed by atoms with Crippen molar-refractivity contribution in [1.29, 1.82) is 0 Å². The number of aliphatic hydroxyl groups excluding tert-OH is 1. The van der Waals surface area contributed by atoms with Crippen LogP contribution in [0.1, 0.15) is 19.8 Å². The minimum atomic E-state index is -0.916. The van der Waals surface area contributed by atoms with Crippen LogP contribution in [0.3, 0.4) is 0 Å². The van der Waals surface area contributed by atoms with Crippen LogP contribution in [0.4, 0.5) is 10.1 Å². The van der Waals surface area contributed by atoms with Gasteiger partial charge in [-0.1, -0.05) is 12.1 Å². The van der Waals surface area contributed by atoms with Gasteiger partial charge in [0.25, 0.3) is 0 Å². The molecule has 2 amide bonds. The number of hydrogen-bond donors (Lipinski definition) is 3. The van der Waals surface area contributed by atoms with E-state index < -0.39 is 17.6 Å². The number of carbonyl (C=O) groups excluding carboxylic acids is 2. The van der Waals surface area contributed by atoms with Crippen LogP contribution in [0.2, 0.25) is 0 Å². The molecule has 0 fully saturated rings. The van der Waals surface area contributed by atoms with Gasteiger partial charge in [0.1, 0.15) is 5.82 Å². The second kappa shape index (κ2) is 7.48. The molecule has 104 valence electrons. The van der Waals surface area contributed by atoms with Gasteiger partial charge in [0.15, 0.2) is 0 Å². The maximum Gasteiger partial charge on any atom is 0.313 e. The summed E-state index contributed by atoms with van der Waals surface area (Å²) < 4.78 is 13.3. The maximum atomic E-state index is 13.3. The van der Waals surface area contributed by atoms with Gasteiger partial charge in [-0.3, -0.25) is 9.59 Å². The molecule has 0 aliphatic rings. The van der Waals surface area contributed by atoms with E-state index in [0.29, 0.717) is 12.8 Å². The third-order valence-corrected chi connectivity index (χ3v) is 2.50. The van der Waals surface area contributed by atoms with Gasteiger partial charge < -0.3 is 15.7 Å². The lowest BCUT2D eigenvalue weighted by Gasteiger charge is -2.13. The fraction of sp³-hybridized carbons (Fsp3) is 0.385. The Balaban J connectivity index is 2.49. The van der Waals surface area contributed by atoms with Crippen LogP contribution in [0.5, 0.6) is 0 Å². The molecule has 0 spiro atoms. The number of aliphatic hydroxyl groups is 1. The summed E-state index contributed by atoms with van der Waals surface area (Å²) >= 11 is 0. The number of rotatable bonds is 5. The number of hydrogen-bond acceptors (Lipinski definition) is 3. The van der Waals surface area contributed by atoms with Crippen molar-refractivity contribution in [2.75, 3.05) is 11.9 Å². The number of nitrogens with one attached hydrogen (secondary N) is 2. The summed E-state index contributed by atoms with van der Waals surface area (Å²) in [4.78, 5) is 23.1. The summed E-state index contributed by atoms with van der Waals surface area (Å²) in [6.07, 6.45) is 1.10. The Kier molecular flexibility index (Phi) is 5.95. The van der Waals surface area contributed by atoms with Crippen LogP contribution in [0.15, 0.2) is 24.3 Å². The molecular formula is C13H17FN2O3. The smallest absolute Gasteiger partial charge is 0.313 e. The molecule has 1 aromatic carbocycles. The van der Waals surface area contributed by atoms with Gasteiger partial charge in [0, 0.05) is 12.6 Å². The lowest BCUT2D eigenvalue weighted by molar-refractivity contribution is -0.136. The van der Waals surface area contributed by atoms with Gasteiger partial charge in [-0.25, -0.2) is 4.39 Å². The van der Waals surface area contributed by atoms with E-state index >= 15 is 0 Å². The van der Waals surface area contributed by atoms with E-state index in [9.17, 15) is 14.0 Å². The van der Waals surface area contributed by atoms with E-state index in [1.807, 2.05) is 0 Å². The van der Waals surface area contributed by atoms with Crippen LogP contribution in [0.25, 0.3) is 0 Å². The largest absolute Gasteiger partial charge is 0.396 e. The molecule has 0 saturated carbocycles. The summed E-state index contributed by atoms with van der Waals surface area (Å²) in [6, 6.07) is 5.38. The van der Waals surface area contributed by atoms with E-state index in [-0.39, 0.29) is 18.3 Å². The van der Waals surface area contributed by atoms with Crippen molar-refractivity contribution >= 4 is 17.5 Å². The van der Waals surface area contributed by atoms with Crippen molar-refractivity contribution in [2.45, 2.75) is 25.8 Å². The molecule has 1 atom stereocenters. The predicted molar refractivity (Wildman–Crippen MR) is 69.0 cm³/mol. The van der Waals surface area contributed by atoms with Gasteiger partial charge in [0.05, 0.1) is 5.69 Å². The van der Waals surface area contributed by atoms with E-state index in [2.05, 4.69) is 10.6 Å². The first-order valence-corrected chi connectivity index (χ1v) is 6.02. The summed E-state index contributed by atoms with van der Waals surface area (Å²) in [6.45, 7) is 1.76. The standard InChI is InChI=1S/C13H17FN2O3/c1-9(5-4-8-17)15-12(18)13(19)16-11-7-3-2-6-10(11)14/h2-3,6-7,9,17H,4-5,8H2,1H3,(H,15,18)(H,16,19). The quantitative estimate of drug-likeness (QED) is 0.698. The van der Waals surface area contributed by atoms with Gasteiger partial charge in [-0.05, 0) is 31.9 Å². The highest BCUT2D eigenvalue weighted by molar-refractivity contribution is 6.39. The molecule has 19 heavy (non-hydrogen) atoms. The van der Waals surface area contributed by atoms with Crippen molar-refractivity contribution in [3.63, 3.8) is 0 Å². The Morgan fingerprint density at radius 3 is 2.63 bits per heavy atom. The van der Waals surface area contributed by atoms with Gasteiger partial charge in [-0.2, -0.15) is 0 Å². The van der Waals surface area contributed by atoms with Crippen molar-refractivity contribution in [3.05, 3.63) is 30.1 Å². The average Bonchev–Trinajstić information content (AvgIpc) is 2.38. The maximum absolute atomic E-state index is 13.3. The van der Waals surface area contributed by atoms with E-state index in [1.54, 1.807) is 13.0 Å². The number of anilines is 1. The van der Waals surface area contributed by atoms with Crippen molar-refractivity contribution < 1.29 is 19.1 Å². The zero-order valence-corrected chi connectivity index (χ0v) is 10.6. The number of para-hydroxylation sites is 1. The Bertz CT molecular complexity index is 451. The molecule has 0 bridgehead atoms. The Hall–Kier alpha value is -1.95. The highest BCUT2D eigenvalue weighted by Crippen LogP contribution is 2.11. The van der Waals surface area contributed by atoms with Gasteiger partial charge >= 0.3 is 11.8 Å². The van der Waals surface area contributed by atoms with Gasteiger partial charge in [-0.15, -0.1) is 0 Å². The zero-order chi connectivity index (χ0) is 14.3. The topological polar surface area (TPSA) is 78.4 Å². The third-order valence-electron chi connectivity index (χ3n) is 2.50. The molecule has 3 N–H and O–H groups in total. The molecule has 0 aromatic heterocycles. The molecule has 0 radical (unpaired) electrons. The highest BCUT2D eigenvalue weighted by Gasteiger charge is 2.17. The van der Waals surface area contributed by atoms with E-state index in [0.717, 1.165) is 0 Å². The predicted octanol–water partition coefficient (Wildman–Crippen LogP) is 1.04. The second-order valence-corrected chi connectivity index (χ2v) is 4.17. The molecule has 0 aliphatic heterocycles. The monoisotopic (exact) mass is 268 g/mol. The number of halogens is 1. The first-order valence-electron chi connectivity index (χ1n) is 6.02. The first-order chi connectivity index (χ1) is 9.04. The SMILES string of the molecule is CC(CCCO)NC(=O)C(=O)Nc1ccccc1F. The van der Waals surface area contributed by atoms with Crippen molar-refractivity contribution in [3.8, 4) is 0 Å². The minimum absolute atomic E-state index is 0.0294. The number of carbonyl (C=O) groups is 2. The molecule has 1 rings (SSSR count). The Labute approximate surface area is 110 Å². The van der Waals surface area contributed by atoms with Crippen LogP contribution < -0.4 is 10.6 Å². The summed E-state index contributed by atoms with van der Waals surface area (Å²) in [5.41, 5.74) is -0.0364. The summed E-state index contributed by atoms with van der Waals surface area (Å²) in [5.74, 6) is -2.34. The van der Waals surface area contributed by atoms with Crippen LogP contribution in [-0.2, 0) is 9.59 Å². The van der Waals surface area contributed by atoms with E-state index in [1.165, 1.54) is 18.2 Å². The average molecular weight is 268 g/mol. The molecule has 6 heteroatoms. The Morgan fingerprint density at radius 1 is 1.32 bits per heavy atom. The van der Waals surface area contributed by atoms with Crippen LogP contribution in [-0.4, -0.2) is 29.6 Å². The zero-order valence-electron chi connectivity index (χ0n) is 10.6. The number of amides is 2. The second-order valence-electron chi connectivity index (χ2n) is 4.17. The molecule has 0 aliphatic carbocycles. The fourth-order valence-corrected chi connectivity index (χ4v) is 1.50.